The van der Waals surface area contributed by atoms with E-state index in [4.69, 9.17) is 10.5 Å². The van der Waals surface area contributed by atoms with E-state index in [0.29, 0.717) is 13.0 Å². The minimum atomic E-state index is -0.753. The van der Waals surface area contributed by atoms with Crippen LogP contribution >= 0.6 is 0 Å². The topological polar surface area (TPSA) is 64.4 Å². The zero-order chi connectivity index (χ0) is 13.1. The summed E-state index contributed by atoms with van der Waals surface area (Å²) in [6, 6.07) is 0.186. The van der Waals surface area contributed by atoms with Gasteiger partial charge in [-0.3, -0.25) is 4.79 Å². The monoisotopic (exact) mass is 242 g/mol. The molecule has 4 heteroatoms. The van der Waals surface area contributed by atoms with Crippen LogP contribution in [0.4, 0.5) is 0 Å². The SMILES string of the molecule is CCCC(C)(N)C(=O)NC1CCOC(C)(C)C1. The van der Waals surface area contributed by atoms with Gasteiger partial charge < -0.3 is 15.8 Å². The fraction of sp³-hybridized carbons (Fsp3) is 0.923. The van der Waals surface area contributed by atoms with Crippen molar-refractivity contribution in [1.29, 1.82) is 0 Å². The van der Waals surface area contributed by atoms with Crippen molar-refractivity contribution >= 4 is 5.91 Å². The lowest BCUT2D eigenvalue weighted by Gasteiger charge is -2.37. The van der Waals surface area contributed by atoms with E-state index in [1.165, 1.54) is 0 Å². The molecule has 1 fully saturated rings. The zero-order valence-electron chi connectivity index (χ0n) is 11.5. The fourth-order valence-electron chi connectivity index (χ4n) is 2.34. The molecule has 1 heterocycles. The lowest BCUT2D eigenvalue weighted by atomic mass is 9.91. The molecule has 100 valence electrons. The first-order chi connectivity index (χ1) is 7.77. The Bertz CT molecular complexity index is 275. The lowest BCUT2D eigenvalue weighted by Crippen LogP contribution is -2.56. The molecule has 2 unspecified atom stereocenters. The average Bonchev–Trinajstić information content (AvgIpc) is 2.15. The fourth-order valence-corrected chi connectivity index (χ4v) is 2.34. The Hall–Kier alpha value is -0.610. The maximum absolute atomic E-state index is 12.1. The largest absolute Gasteiger partial charge is 0.375 e. The molecule has 0 aliphatic carbocycles. The van der Waals surface area contributed by atoms with E-state index >= 15 is 0 Å². The number of carbonyl (C=O) groups is 1. The second-order valence-electron chi connectivity index (χ2n) is 5.94. The van der Waals surface area contributed by atoms with Crippen LogP contribution in [-0.2, 0) is 9.53 Å². The summed E-state index contributed by atoms with van der Waals surface area (Å²) in [5.74, 6) is -0.0398. The van der Waals surface area contributed by atoms with Gasteiger partial charge in [-0.05, 0) is 40.0 Å². The Morgan fingerprint density at radius 2 is 2.24 bits per heavy atom. The summed E-state index contributed by atoms with van der Waals surface area (Å²) in [6.45, 7) is 8.65. The summed E-state index contributed by atoms with van der Waals surface area (Å²) in [5.41, 5.74) is 5.11. The van der Waals surface area contributed by atoms with Gasteiger partial charge in [0.2, 0.25) is 5.91 Å². The number of amides is 1. The second-order valence-corrected chi connectivity index (χ2v) is 5.94. The normalized spacial score (nSPS) is 27.2. The summed E-state index contributed by atoms with van der Waals surface area (Å²) >= 11 is 0. The highest BCUT2D eigenvalue weighted by Gasteiger charge is 2.33. The molecular weight excluding hydrogens is 216 g/mol. The van der Waals surface area contributed by atoms with Crippen LogP contribution in [0.2, 0.25) is 0 Å². The van der Waals surface area contributed by atoms with Crippen LogP contribution in [0.3, 0.4) is 0 Å². The summed E-state index contributed by atoms with van der Waals surface area (Å²) in [4.78, 5) is 12.1. The van der Waals surface area contributed by atoms with Crippen LogP contribution in [0.25, 0.3) is 0 Å². The van der Waals surface area contributed by atoms with Crippen molar-refractivity contribution < 1.29 is 9.53 Å². The molecular formula is C13H26N2O2. The van der Waals surface area contributed by atoms with Crippen molar-refractivity contribution in [2.24, 2.45) is 5.73 Å². The van der Waals surface area contributed by atoms with E-state index in [0.717, 1.165) is 19.3 Å². The van der Waals surface area contributed by atoms with Gasteiger partial charge in [0, 0.05) is 12.6 Å². The first-order valence-corrected chi connectivity index (χ1v) is 6.50. The molecule has 0 radical (unpaired) electrons. The number of rotatable bonds is 4. The van der Waals surface area contributed by atoms with Gasteiger partial charge in [-0.2, -0.15) is 0 Å². The van der Waals surface area contributed by atoms with Crippen LogP contribution in [0.15, 0.2) is 0 Å². The summed E-state index contributed by atoms with van der Waals surface area (Å²) in [5, 5.41) is 3.06. The maximum atomic E-state index is 12.1. The van der Waals surface area contributed by atoms with Crippen molar-refractivity contribution in [3.63, 3.8) is 0 Å². The van der Waals surface area contributed by atoms with E-state index in [1.807, 2.05) is 6.92 Å². The first-order valence-electron chi connectivity index (χ1n) is 6.50. The highest BCUT2D eigenvalue weighted by Crippen LogP contribution is 2.24. The van der Waals surface area contributed by atoms with Gasteiger partial charge in [-0.15, -0.1) is 0 Å². The Morgan fingerprint density at radius 3 is 2.76 bits per heavy atom. The zero-order valence-corrected chi connectivity index (χ0v) is 11.5. The molecule has 0 aromatic carbocycles. The minimum absolute atomic E-state index is 0.0398. The third-order valence-corrected chi connectivity index (χ3v) is 3.32. The van der Waals surface area contributed by atoms with Crippen LogP contribution in [0.5, 0.6) is 0 Å². The molecule has 0 bridgehead atoms. The first kappa shape index (κ1) is 14.5. The van der Waals surface area contributed by atoms with Gasteiger partial charge in [-0.1, -0.05) is 13.3 Å². The molecule has 4 nitrogen and oxygen atoms in total. The third kappa shape index (κ3) is 4.28. The summed E-state index contributed by atoms with van der Waals surface area (Å²) < 4.78 is 5.63. The molecule has 0 saturated carbocycles. The Balaban J connectivity index is 2.51. The smallest absolute Gasteiger partial charge is 0.240 e. The van der Waals surface area contributed by atoms with Crippen molar-refractivity contribution in [2.45, 2.75) is 70.6 Å². The van der Waals surface area contributed by atoms with Gasteiger partial charge in [0.1, 0.15) is 0 Å². The molecule has 0 spiro atoms. The van der Waals surface area contributed by atoms with E-state index < -0.39 is 5.54 Å². The van der Waals surface area contributed by atoms with Crippen molar-refractivity contribution in [3.8, 4) is 0 Å². The average molecular weight is 242 g/mol. The molecule has 0 aromatic rings. The van der Waals surface area contributed by atoms with E-state index in [-0.39, 0.29) is 17.6 Å². The Morgan fingerprint density at radius 1 is 1.59 bits per heavy atom. The number of ether oxygens (including phenoxy) is 1. The quantitative estimate of drug-likeness (QED) is 0.786. The van der Waals surface area contributed by atoms with Crippen LogP contribution in [0.1, 0.15) is 53.4 Å². The van der Waals surface area contributed by atoms with Crippen molar-refractivity contribution in [2.75, 3.05) is 6.61 Å². The van der Waals surface area contributed by atoms with Crippen molar-refractivity contribution in [3.05, 3.63) is 0 Å². The number of hydrogen-bond acceptors (Lipinski definition) is 3. The molecule has 17 heavy (non-hydrogen) atoms. The molecule has 1 saturated heterocycles. The van der Waals surface area contributed by atoms with E-state index in [1.54, 1.807) is 6.92 Å². The number of nitrogens with two attached hydrogens (primary N) is 1. The molecule has 1 amide bonds. The Labute approximate surface area is 104 Å². The highest BCUT2D eigenvalue weighted by molar-refractivity contribution is 5.85. The van der Waals surface area contributed by atoms with Crippen LogP contribution < -0.4 is 11.1 Å². The highest BCUT2D eigenvalue weighted by atomic mass is 16.5. The van der Waals surface area contributed by atoms with Crippen molar-refractivity contribution in [1.82, 2.24) is 5.32 Å². The van der Waals surface area contributed by atoms with Gasteiger partial charge in [0.15, 0.2) is 0 Å². The number of hydrogen-bond donors (Lipinski definition) is 2. The van der Waals surface area contributed by atoms with Crippen LogP contribution in [-0.4, -0.2) is 29.7 Å². The van der Waals surface area contributed by atoms with Crippen LogP contribution in [0, 0.1) is 0 Å². The predicted octanol–water partition coefficient (Wildman–Crippen LogP) is 1.58. The van der Waals surface area contributed by atoms with E-state index in [9.17, 15) is 4.79 Å². The molecule has 2 atom stereocenters. The maximum Gasteiger partial charge on any atom is 0.240 e. The van der Waals surface area contributed by atoms with E-state index in [2.05, 4.69) is 19.2 Å². The molecule has 1 aliphatic rings. The second kappa shape index (κ2) is 5.36. The summed E-state index contributed by atoms with van der Waals surface area (Å²) in [7, 11) is 0. The number of nitrogens with one attached hydrogen (secondary N) is 1. The Kier molecular flexibility index (Phi) is 4.55. The van der Waals surface area contributed by atoms with Gasteiger partial charge in [0.25, 0.3) is 0 Å². The summed E-state index contributed by atoms with van der Waals surface area (Å²) in [6.07, 6.45) is 3.35. The predicted molar refractivity (Wildman–Crippen MR) is 68.7 cm³/mol. The van der Waals surface area contributed by atoms with Gasteiger partial charge in [0.05, 0.1) is 11.1 Å². The lowest BCUT2D eigenvalue weighted by molar-refractivity contribution is -0.129. The molecule has 1 aliphatic heterocycles. The minimum Gasteiger partial charge on any atom is -0.375 e. The number of carbonyl (C=O) groups excluding carboxylic acids is 1. The third-order valence-electron chi connectivity index (χ3n) is 3.32. The standard InChI is InChI=1S/C13H26N2O2/c1-5-7-13(4,14)11(16)15-10-6-8-17-12(2,3)9-10/h10H,5-9,14H2,1-4H3,(H,15,16). The molecule has 1 rings (SSSR count). The van der Waals surface area contributed by atoms with Gasteiger partial charge in [-0.25, -0.2) is 0 Å². The van der Waals surface area contributed by atoms with Gasteiger partial charge >= 0.3 is 0 Å². The molecule has 3 N–H and O–H groups in total. The molecule has 0 aromatic heterocycles.